The maximum absolute atomic E-state index is 12.7. The van der Waals surface area contributed by atoms with Crippen molar-refractivity contribution in [2.75, 3.05) is 7.11 Å². The van der Waals surface area contributed by atoms with Gasteiger partial charge in [0.15, 0.2) is 6.10 Å². The fourth-order valence-electron chi connectivity index (χ4n) is 1.94. The standard InChI is InChI=1S/C15H13F3O/c1-19-14(15(16,17)18)13-9-7-12(8-10-13)11-5-3-2-4-6-11/h2-10,14H,1H3. The number of halogens is 3. The highest BCUT2D eigenvalue weighted by Gasteiger charge is 2.41. The van der Waals surface area contributed by atoms with Gasteiger partial charge in [0.05, 0.1) is 0 Å². The summed E-state index contributed by atoms with van der Waals surface area (Å²) in [7, 11) is 1.06. The average molecular weight is 266 g/mol. The Kier molecular flexibility index (Phi) is 3.90. The molecule has 2 rings (SSSR count). The largest absolute Gasteiger partial charge is 0.418 e. The van der Waals surface area contributed by atoms with Gasteiger partial charge in [-0.1, -0.05) is 54.6 Å². The summed E-state index contributed by atoms with van der Waals surface area (Å²) in [4.78, 5) is 0. The van der Waals surface area contributed by atoms with Crippen molar-refractivity contribution in [2.45, 2.75) is 12.3 Å². The summed E-state index contributed by atoms with van der Waals surface area (Å²) in [6, 6.07) is 15.7. The second-order valence-electron chi connectivity index (χ2n) is 4.15. The Morgan fingerprint density at radius 1 is 0.842 bits per heavy atom. The Bertz CT molecular complexity index is 517. The Labute approximate surface area is 109 Å². The molecule has 0 radical (unpaired) electrons. The fourth-order valence-corrected chi connectivity index (χ4v) is 1.94. The molecule has 1 atom stereocenters. The molecule has 0 aliphatic carbocycles. The van der Waals surface area contributed by atoms with Crippen molar-refractivity contribution in [1.82, 2.24) is 0 Å². The minimum atomic E-state index is -4.40. The molecule has 0 saturated heterocycles. The molecule has 0 aliphatic rings. The summed E-state index contributed by atoms with van der Waals surface area (Å²) < 4.78 is 42.6. The van der Waals surface area contributed by atoms with Gasteiger partial charge in [0, 0.05) is 7.11 Å². The van der Waals surface area contributed by atoms with Gasteiger partial charge in [-0.15, -0.1) is 0 Å². The molecule has 4 heteroatoms. The van der Waals surface area contributed by atoms with Crippen molar-refractivity contribution >= 4 is 0 Å². The maximum Gasteiger partial charge on any atom is 0.418 e. The predicted octanol–water partition coefficient (Wildman–Crippen LogP) is 4.60. The van der Waals surface area contributed by atoms with Crippen LogP contribution in [-0.4, -0.2) is 13.3 Å². The predicted molar refractivity (Wildman–Crippen MR) is 67.7 cm³/mol. The second kappa shape index (κ2) is 5.45. The lowest BCUT2D eigenvalue weighted by Crippen LogP contribution is -2.22. The number of alkyl halides is 3. The van der Waals surface area contributed by atoms with E-state index in [-0.39, 0.29) is 5.56 Å². The lowest BCUT2D eigenvalue weighted by molar-refractivity contribution is -0.215. The third-order valence-electron chi connectivity index (χ3n) is 2.85. The lowest BCUT2D eigenvalue weighted by Gasteiger charge is -2.19. The van der Waals surface area contributed by atoms with E-state index in [4.69, 9.17) is 0 Å². The first-order chi connectivity index (χ1) is 9.02. The van der Waals surface area contributed by atoms with Gasteiger partial charge in [0.1, 0.15) is 0 Å². The number of hydrogen-bond donors (Lipinski definition) is 0. The Morgan fingerprint density at radius 2 is 1.37 bits per heavy atom. The molecular formula is C15H13F3O. The molecule has 2 aromatic rings. The summed E-state index contributed by atoms with van der Waals surface area (Å²) in [5.41, 5.74) is 1.95. The smallest absolute Gasteiger partial charge is 0.367 e. The third-order valence-corrected chi connectivity index (χ3v) is 2.85. The minimum absolute atomic E-state index is 0.106. The van der Waals surface area contributed by atoms with Crippen molar-refractivity contribution in [3.8, 4) is 11.1 Å². The van der Waals surface area contributed by atoms with E-state index >= 15 is 0 Å². The first-order valence-corrected chi connectivity index (χ1v) is 5.77. The number of hydrogen-bond acceptors (Lipinski definition) is 1. The van der Waals surface area contributed by atoms with Crippen LogP contribution in [0.1, 0.15) is 11.7 Å². The van der Waals surface area contributed by atoms with Crippen LogP contribution in [0, 0.1) is 0 Å². The van der Waals surface area contributed by atoms with Crippen LogP contribution in [0.5, 0.6) is 0 Å². The molecule has 0 bridgehead atoms. The van der Waals surface area contributed by atoms with Crippen LogP contribution in [0.25, 0.3) is 11.1 Å². The van der Waals surface area contributed by atoms with Crippen molar-refractivity contribution in [2.24, 2.45) is 0 Å². The van der Waals surface area contributed by atoms with Crippen LogP contribution in [0.3, 0.4) is 0 Å². The third kappa shape index (κ3) is 3.15. The van der Waals surface area contributed by atoms with Crippen molar-refractivity contribution in [3.63, 3.8) is 0 Å². The van der Waals surface area contributed by atoms with E-state index in [0.717, 1.165) is 18.2 Å². The monoisotopic (exact) mass is 266 g/mol. The maximum atomic E-state index is 12.7. The van der Waals surface area contributed by atoms with Gasteiger partial charge in [-0.2, -0.15) is 13.2 Å². The quantitative estimate of drug-likeness (QED) is 0.788. The topological polar surface area (TPSA) is 9.23 Å². The lowest BCUT2D eigenvalue weighted by atomic mass is 10.0. The molecular weight excluding hydrogens is 253 g/mol. The molecule has 0 aliphatic heterocycles. The Hall–Kier alpha value is -1.81. The molecule has 0 aromatic heterocycles. The van der Waals surface area contributed by atoms with Crippen LogP contribution in [0.2, 0.25) is 0 Å². The summed E-state index contributed by atoms with van der Waals surface area (Å²) in [6.07, 6.45) is -6.28. The van der Waals surface area contributed by atoms with Crippen molar-refractivity contribution in [1.29, 1.82) is 0 Å². The highest BCUT2D eigenvalue weighted by atomic mass is 19.4. The van der Waals surface area contributed by atoms with Gasteiger partial charge in [0.25, 0.3) is 0 Å². The van der Waals surface area contributed by atoms with Crippen molar-refractivity contribution < 1.29 is 17.9 Å². The molecule has 0 fully saturated rings. The Morgan fingerprint density at radius 3 is 1.84 bits per heavy atom. The normalized spacial score (nSPS) is 13.3. The van der Waals surface area contributed by atoms with Gasteiger partial charge in [0.2, 0.25) is 0 Å². The molecule has 0 saturated carbocycles. The van der Waals surface area contributed by atoms with E-state index in [0.29, 0.717) is 0 Å². The molecule has 19 heavy (non-hydrogen) atoms. The van der Waals surface area contributed by atoms with E-state index in [1.807, 2.05) is 30.3 Å². The zero-order valence-electron chi connectivity index (χ0n) is 10.3. The fraction of sp³-hybridized carbons (Fsp3) is 0.200. The zero-order chi connectivity index (χ0) is 13.9. The van der Waals surface area contributed by atoms with E-state index in [1.54, 1.807) is 12.1 Å². The van der Waals surface area contributed by atoms with Crippen LogP contribution in [0.4, 0.5) is 13.2 Å². The second-order valence-corrected chi connectivity index (χ2v) is 4.15. The van der Waals surface area contributed by atoms with E-state index in [1.165, 1.54) is 12.1 Å². The average Bonchev–Trinajstić information content (AvgIpc) is 2.40. The molecule has 1 nitrogen and oxygen atoms in total. The highest BCUT2D eigenvalue weighted by molar-refractivity contribution is 5.63. The molecule has 0 N–H and O–H groups in total. The van der Waals surface area contributed by atoms with Gasteiger partial charge in [-0.05, 0) is 16.7 Å². The van der Waals surface area contributed by atoms with Crippen LogP contribution >= 0.6 is 0 Å². The summed E-state index contributed by atoms with van der Waals surface area (Å²) in [5.74, 6) is 0. The molecule has 1 unspecified atom stereocenters. The number of ether oxygens (including phenoxy) is 1. The summed E-state index contributed by atoms with van der Waals surface area (Å²) in [5, 5.41) is 0. The van der Waals surface area contributed by atoms with Crippen LogP contribution in [0.15, 0.2) is 54.6 Å². The first-order valence-electron chi connectivity index (χ1n) is 5.77. The molecule has 100 valence electrons. The minimum Gasteiger partial charge on any atom is -0.367 e. The van der Waals surface area contributed by atoms with Gasteiger partial charge in [-0.25, -0.2) is 0 Å². The van der Waals surface area contributed by atoms with E-state index < -0.39 is 12.3 Å². The Balaban J connectivity index is 2.28. The number of rotatable bonds is 3. The summed E-state index contributed by atoms with van der Waals surface area (Å²) >= 11 is 0. The van der Waals surface area contributed by atoms with E-state index in [9.17, 15) is 13.2 Å². The van der Waals surface area contributed by atoms with Crippen LogP contribution in [-0.2, 0) is 4.74 Å². The molecule has 2 aromatic carbocycles. The number of methoxy groups -OCH3 is 1. The van der Waals surface area contributed by atoms with Gasteiger partial charge >= 0.3 is 6.18 Å². The van der Waals surface area contributed by atoms with Crippen LogP contribution < -0.4 is 0 Å². The van der Waals surface area contributed by atoms with Gasteiger partial charge in [-0.3, -0.25) is 0 Å². The molecule has 0 spiro atoms. The van der Waals surface area contributed by atoms with E-state index in [2.05, 4.69) is 4.74 Å². The highest BCUT2D eigenvalue weighted by Crippen LogP contribution is 2.35. The van der Waals surface area contributed by atoms with Gasteiger partial charge < -0.3 is 4.74 Å². The zero-order valence-corrected chi connectivity index (χ0v) is 10.3. The van der Waals surface area contributed by atoms with Crippen molar-refractivity contribution in [3.05, 3.63) is 60.2 Å². The number of benzene rings is 2. The SMILES string of the molecule is COC(c1ccc(-c2ccccc2)cc1)C(F)(F)F. The summed E-state index contributed by atoms with van der Waals surface area (Å²) in [6.45, 7) is 0. The molecule has 0 amide bonds. The molecule has 0 heterocycles. The first kappa shape index (κ1) is 13.6.